The van der Waals surface area contributed by atoms with Crippen LogP contribution in [-0.2, 0) is 20.3 Å². The fourth-order valence-corrected chi connectivity index (χ4v) is 4.73. The molecule has 0 saturated carbocycles. The molecule has 14 heteroatoms. The minimum Gasteiger partial charge on any atom is -0.383 e. The van der Waals surface area contributed by atoms with E-state index in [-0.39, 0.29) is 22.2 Å². The maximum atomic E-state index is 12.8. The van der Waals surface area contributed by atoms with E-state index in [1.165, 1.54) is 18.3 Å². The van der Waals surface area contributed by atoms with E-state index in [0.29, 0.717) is 31.9 Å². The molecule has 0 radical (unpaired) electrons. The van der Waals surface area contributed by atoms with Crippen LogP contribution in [0.4, 0.5) is 30.6 Å². The topological polar surface area (TPSA) is 111 Å². The summed E-state index contributed by atoms with van der Waals surface area (Å²) >= 11 is 6.28. The Balaban J connectivity index is 1.73. The number of hydrogen-bond donors (Lipinski definition) is 1. The van der Waals surface area contributed by atoms with Crippen LogP contribution >= 0.6 is 11.6 Å². The quantitative estimate of drug-likeness (QED) is 0.478. The van der Waals surface area contributed by atoms with E-state index < -0.39 is 21.4 Å². The van der Waals surface area contributed by atoms with E-state index in [4.69, 9.17) is 22.1 Å². The van der Waals surface area contributed by atoms with Gasteiger partial charge in [-0.05, 0) is 11.6 Å². The van der Waals surface area contributed by atoms with Crippen LogP contribution in [0.25, 0.3) is 0 Å². The summed E-state index contributed by atoms with van der Waals surface area (Å²) in [5, 5.41) is 0.187. The molecule has 0 bridgehead atoms. The summed E-state index contributed by atoms with van der Waals surface area (Å²) in [4.78, 5) is 11.9. The normalized spacial score (nSPS) is 18.0. The molecule has 1 fully saturated rings. The number of benzene rings is 1. The highest BCUT2D eigenvalue weighted by molar-refractivity contribution is 7.88. The summed E-state index contributed by atoms with van der Waals surface area (Å²) < 4.78 is 70.7. The predicted molar refractivity (Wildman–Crippen MR) is 110 cm³/mol. The minimum absolute atomic E-state index is 0.0331. The second-order valence-corrected chi connectivity index (χ2v) is 9.58. The van der Waals surface area contributed by atoms with Crippen molar-refractivity contribution in [2.75, 3.05) is 50.5 Å². The first kappa shape index (κ1) is 22.8. The Morgan fingerprint density at radius 2 is 2.00 bits per heavy atom. The number of likely N-dealkylation sites (tertiary alicyclic amines) is 1. The molecule has 1 aromatic carbocycles. The maximum Gasteiger partial charge on any atom is 0.534 e. The van der Waals surface area contributed by atoms with Crippen molar-refractivity contribution < 1.29 is 30.5 Å². The van der Waals surface area contributed by atoms with Crippen LogP contribution in [0.2, 0.25) is 5.02 Å². The number of rotatable bonds is 6. The molecule has 2 aliphatic rings. The van der Waals surface area contributed by atoms with Crippen molar-refractivity contribution in [2.45, 2.75) is 10.9 Å². The monoisotopic (exact) mass is 493 g/mol. The van der Waals surface area contributed by atoms with Crippen molar-refractivity contribution in [3.63, 3.8) is 0 Å². The van der Waals surface area contributed by atoms with Crippen molar-refractivity contribution >= 4 is 39.2 Å². The Morgan fingerprint density at radius 3 is 2.66 bits per heavy atom. The molecule has 4 rings (SSSR count). The summed E-state index contributed by atoms with van der Waals surface area (Å²) in [6.45, 7) is 3.03. The predicted octanol–water partition coefficient (Wildman–Crippen LogP) is 2.29. The first-order chi connectivity index (χ1) is 15.0. The zero-order valence-corrected chi connectivity index (χ0v) is 18.3. The van der Waals surface area contributed by atoms with E-state index in [9.17, 15) is 21.6 Å². The average molecular weight is 494 g/mol. The third-order valence-electron chi connectivity index (χ3n) is 5.45. The zero-order chi connectivity index (χ0) is 23.3. The van der Waals surface area contributed by atoms with Crippen LogP contribution in [-0.4, -0.2) is 68.7 Å². The molecule has 0 unspecified atom stereocenters. The van der Waals surface area contributed by atoms with Crippen LogP contribution in [0.1, 0.15) is 5.56 Å². The van der Waals surface area contributed by atoms with Gasteiger partial charge in [0.1, 0.15) is 10.8 Å². The molecule has 174 valence electrons. The molecule has 2 aliphatic heterocycles. The number of nitrogen functional groups attached to an aromatic ring is 1. The summed E-state index contributed by atoms with van der Waals surface area (Å²) in [5.41, 5.74) is 1.06. The largest absolute Gasteiger partial charge is 0.534 e. The number of hydrogen-bond acceptors (Lipinski definition) is 9. The Hall–Kier alpha value is -2.35. The van der Waals surface area contributed by atoms with Gasteiger partial charge in [-0.25, -0.2) is 4.98 Å². The van der Waals surface area contributed by atoms with Gasteiger partial charge in [0.25, 0.3) is 0 Å². The van der Waals surface area contributed by atoms with Gasteiger partial charge < -0.3 is 19.6 Å². The Bertz CT molecular complexity index is 1140. The summed E-state index contributed by atoms with van der Waals surface area (Å²) in [5.74, 6) is -0.241. The Labute approximate surface area is 187 Å². The Kier molecular flexibility index (Phi) is 5.64. The highest BCUT2D eigenvalue weighted by atomic mass is 35.5. The number of alkyl halides is 3. The highest BCUT2D eigenvalue weighted by Gasteiger charge is 2.52. The van der Waals surface area contributed by atoms with E-state index in [1.807, 2.05) is 0 Å². The summed E-state index contributed by atoms with van der Waals surface area (Å²) in [6.07, 6.45) is 1.32. The van der Waals surface area contributed by atoms with Gasteiger partial charge in [-0.3, -0.25) is 4.90 Å². The van der Waals surface area contributed by atoms with E-state index >= 15 is 0 Å². The summed E-state index contributed by atoms with van der Waals surface area (Å²) in [6, 6.07) is 4.02. The lowest BCUT2D eigenvalue weighted by atomic mass is 9.75. The molecular weight excluding hydrogens is 475 g/mol. The fraction of sp³-hybridized carbons (Fsp3) is 0.444. The van der Waals surface area contributed by atoms with Crippen molar-refractivity contribution in [1.82, 2.24) is 14.9 Å². The van der Waals surface area contributed by atoms with E-state index in [1.54, 1.807) is 18.1 Å². The molecule has 0 aliphatic carbocycles. The average Bonchev–Trinajstić information content (AvgIpc) is 3.01. The summed E-state index contributed by atoms with van der Waals surface area (Å²) in [7, 11) is -4.21. The fourth-order valence-electron chi connectivity index (χ4n) is 4.09. The number of nitrogens with zero attached hydrogens (tertiary/aromatic N) is 4. The number of halogens is 4. The number of ether oxygens (including phenoxy) is 1. The van der Waals surface area contributed by atoms with Gasteiger partial charge in [0.15, 0.2) is 5.82 Å². The lowest BCUT2D eigenvalue weighted by Gasteiger charge is -2.48. The van der Waals surface area contributed by atoms with Crippen LogP contribution in [0.5, 0.6) is 5.75 Å². The molecule has 9 nitrogen and oxygen atoms in total. The molecule has 3 heterocycles. The second kappa shape index (κ2) is 7.90. The highest BCUT2D eigenvalue weighted by Crippen LogP contribution is 2.51. The molecule has 1 saturated heterocycles. The van der Waals surface area contributed by atoms with Crippen LogP contribution in [0, 0.1) is 0 Å². The zero-order valence-electron chi connectivity index (χ0n) is 16.8. The third kappa shape index (κ3) is 3.93. The van der Waals surface area contributed by atoms with Crippen LogP contribution < -0.4 is 14.8 Å². The molecule has 2 aromatic rings. The van der Waals surface area contributed by atoms with Crippen molar-refractivity contribution in [1.29, 1.82) is 0 Å². The van der Waals surface area contributed by atoms with Gasteiger partial charge in [-0.1, -0.05) is 17.7 Å². The molecule has 0 amide bonds. The van der Waals surface area contributed by atoms with E-state index in [0.717, 1.165) is 12.1 Å². The van der Waals surface area contributed by atoms with Crippen molar-refractivity contribution in [2.24, 2.45) is 0 Å². The third-order valence-corrected chi connectivity index (χ3v) is 6.69. The second-order valence-electron chi connectivity index (χ2n) is 7.63. The lowest BCUT2D eigenvalue weighted by Crippen LogP contribution is -2.61. The first-order valence-electron chi connectivity index (χ1n) is 9.38. The van der Waals surface area contributed by atoms with Gasteiger partial charge >= 0.3 is 15.6 Å². The standard InChI is InChI=1S/C18H19ClF3N5O4S/c1-30-5-4-26-8-17(9-26)10-27(15-13(19)7-24-16(23)25-15)14-6-11(2-3-12(14)17)31-32(28,29)18(20,21)22/h2-3,6-7H,4-5,8-10H2,1H3,(H2,23,24,25). The molecule has 1 aromatic heterocycles. The molecule has 1 spiro atoms. The number of anilines is 3. The minimum atomic E-state index is -5.82. The number of nitrogens with two attached hydrogens (primary N) is 1. The van der Waals surface area contributed by atoms with Crippen LogP contribution in [0.3, 0.4) is 0 Å². The molecule has 0 atom stereocenters. The molecule has 2 N–H and O–H groups in total. The first-order valence-corrected chi connectivity index (χ1v) is 11.2. The lowest BCUT2D eigenvalue weighted by molar-refractivity contribution is -0.0500. The van der Waals surface area contributed by atoms with Gasteiger partial charge in [-0.15, -0.1) is 0 Å². The van der Waals surface area contributed by atoms with Gasteiger partial charge in [0.2, 0.25) is 5.95 Å². The molecular formula is C18H19ClF3N5O4S. The number of aromatic nitrogens is 2. The van der Waals surface area contributed by atoms with Crippen molar-refractivity contribution in [3.8, 4) is 5.75 Å². The Morgan fingerprint density at radius 1 is 1.28 bits per heavy atom. The van der Waals surface area contributed by atoms with Crippen LogP contribution in [0.15, 0.2) is 24.4 Å². The van der Waals surface area contributed by atoms with Gasteiger partial charge in [0, 0.05) is 44.8 Å². The van der Waals surface area contributed by atoms with Gasteiger partial charge in [-0.2, -0.15) is 26.6 Å². The SMILES string of the molecule is COCCN1CC2(C1)CN(c1nc(N)ncc1Cl)c1cc(OS(=O)(=O)C(F)(F)F)ccc12. The van der Waals surface area contributed by atoms with E-state index in [2.05, 4.69) is 19.1 Å². The number of fused-ring (bicyclic) bond motifs is 2. The smallest absolute Gasteiger partial charge is 0.383 e. The maximum absolute atomic E-state index is 12.8. The van der Waals surface area contributed by atoms with Gasteiger partial charge in [0.05, 0.1) is 18.5 Å². The molecule has 32 heavy (non-hydrogen) atoms. The number of methoxy groups -OCH3 is 1. The van der Waals surface area contributed by atoms with Crippen molar-refractivity contribution in [3.05, 3.63) is 35.0 Å².